The first kappa shape index (κ1) is 15.3. The van der Waals surface area contributed by atoms with Crippen molar-refractivity contribution in [1.82, 2.24) is 5.32 Å². The lowest BCUT2D eigenvalue weighted by molar-refractivity contribution is -0.143. The van der Waals surface area contributed by atoms with E-state index in [0.29, 0.717) is 12.3 Å². The Morgan fingerprint density at radius 2 is 1.85 bits per heavy atom. The van der Waals surface area contributed by atoms with E-state index in [1.165, 1.54) is 25.7 Å². The minimum absolute atomic E-state index is 0.0325. The number of hydrogen-bond acceptors (Lipinski definition) is 2. The number of carbonyl (C=O) groups is 2. The predicted octanol–water partition coefficient (Wildman–Crippen LogP) is 2.96. The van der Waals surface area contributed by atoms with E-state index in [0.717, 1.165) is 31.6 Å². The summed E-state index contributed by atoms with van der Waals surface area (Å²) in [4.78, 5) is 23.4. The molecule has 2 fully saturated rings. The van der Waals surface area contributed by atoms with Crippen LogP contribution in [0.5, 0.6) is 0 Å². The highest BCUT2D eigenvalue weighted by molar-refractivity contribution is 5.85. The number of hydrogen-bond donors (Lipinski definition) is 2. The molecule has 3 unspecified atom stereocenters. The Balaban J connectivity index is 1.87. The minimum atomic E-state index is -0.911. The molecule has 0 heterocycles. The summed E-state index contributed by atoms with van der Waals surface area (Å²) < 4.78 is 0. The Morgan fingerprint density at radius 1 is 1.15 bits per heavy atom. The predicted molar refractivity (Wildman–Crippen MR) is 77.3 cm³/mol. The van der Waals surface area contributed by atoms with Gasteiger partial charge in [-0.3, -0.25) is 4.79 Å². The number of rotatable bonds is 5. The Hall–Kier alpha value is -1.06. The van der Waals surface area contributed by atoms with Crippen molar-refractivity contribution in [3.63, 3.8) is 0 Å². The Kier molecular flexibility index (Phi) is 5.44. The molecule has 2 rings (SSSR count). The molecule has 0 bridgehead atoms. The fourth-order valence-electron chi connectivity index (χ4n) is 3.95. The summed E-state index contributed by atoms with van der Waals surface area (Å²) in [6, 6.07) is -0.712. The van der Waals surface area contributed by atoms with Crippen LogP contribution in [0.3, 0.4) is 0 Å². The van der Waals surface area contributed by atoms with Gasteiger partial charge in [0, 0.05) is 5.92 Å². The Morgan fingerprint density at radius 3 is 2.50 bits per heavy atom. The number of carboxylic acids is 1. The van der Waals surface area contributed by atoms with Gasteiger partial charge in [-0.2, -0.15) is 0 Å². The highest BCUT2D eigenvalue weighted by Crippen LogP contribution is 2.42. The molecule has 2 aliphatic rings. The molecular weight excluding hydrogens is 254 g/mol. The van der Waals surface area contributed by atoms with Crippen LogP contribution < -0.4 is 5.32 Å². The van der Waals surface area contributed by atoms with E-state index in [9.17, 15) is 9.59 Å². The van der Waals surface area contributed by atoms with Gasteiger partial charge in [-0.1, -0.05) is 39.0 Å². The highest BCUT2D eigenvalue weighted by atomic mass is 16.4. The molecule has 4 nitrogen and oxygen atoms in total. The summed E-state index contributed by atoms with van der Waals surface area (Å²) in [5.74, 6) is 0.607. The van der Waals surface area contributed by atoms with E-state index in [-0.39, 0.29) is 11.8 Å². The largest absolute Gasteiger partial charge is 0.480 e. The summed E-state index contributed by atoms with van der Waals surface area (Å²) in [7, 11) is 0. The van der Waals surface area contributed by atoms with Gasteiger partial charge in [0.2, 0.25) is 5.91 Å². The molecule has 0 aromatic rings. The van der Waals surface area contributed by atoms with Gasteiger partial charge in [-0.15, -0.1) is 0 Å². The second-order valence-electron chi connectivity index (χ2n) is 6.50. The Labute approximate surface area is 121 Å². The van der Waals surface area contributed by atoms with Crippen molar-refractivity contribution in [1.29, 1.82) is 0 Å². The Bertz CT molecular complexity index is 356. The molecule has 0 aromatic carbocycles. The molecule has 20 heavy (non-hydrogen) atoms. The van der Waals surface area contributed by atoms with E-state index in [4.69, 9.17) is 5.11 Å². The molecule has 0 aromatic heterocycles. The monoisotopic (exact) mass is 281 g/mol. The second kappa shape index (κ2) is 7.09. The minimum Gasteiger partial charge on any atom is -0.480 e. The molecule has 0 spiro atoms. The zero-order valence-corrected chi connectivity index (χ0v) is 12.4. The number of fused-ring (bicyclic) bond motifs is 1. The van der Waals surface area contributed by atoms with Crippen molar-refractivity contribution in [2.75, 3.05) is 0 Å². The van der Waals surface area contributed by atoms with Gasteiger partial charge in [-0.05, 0) is 37.5 Å². The standard InChI is InChI=1S/C16H27NO3/c1-2-5-14(16(19)20)17-15(18)13-9-8-11-6-3-4-7-12(11)10-13/h11-14H,2-10H2,1H3,(H,17,18)(H,19,20)/t11?,12?,13?,14-/m1/s1. The SMILES string of the molecule is CCC[C@@H](NC(=O)C1CCC2CCCCC2C1)C(=O)O. The van der Waals surface area contributed by atoms with Crippen molar-refractivity contribution >= 4 is 11.9 Å². The molecule has 0 saturated heterocycles. The van der Waals surface area contributed by atoms with Crippen LogP contribution in [-0.4, -0.2) is 23.0 Å². The normalized spacial score (nSPS) is 31.1. The van der Waals surface area contributed by atoms with Gasteiger partial charge >= 0.3 is 5.97 Å². The van der Waals surface area contributed by atoms with E-state index in [1.807, 2.05) is 6.92 Å². The van der Waals surface area contributed by atoms with E-state index in [2.05, 4.69) is 5.32 Å². The van der Waals surface area contributed by atoms with Crippen LogP contribution in [0, 0.1) is 17.8 Å². The fourth-order valence-corrected chi connectivity index (χ4v) is 3.95. The third kappa shape index (κ3) is 3.74. The number of amides is 1. The third-order valence-electron chi connectivity index (χ3n) is 5.10. The van der Waals surface area contributed by atoms with E-state index >= 15 is 0 Å². The average Bonchev–Trinajstić information content (AvgIpc) is 2.46. The lowest BCUT2D eigenvalue weighted by Crippen LogP contribution is -2.45. The van der Waals surface area contributed by atoms with Gasteiger partial charge < -0.3 is 10.4 Å². The summed E-state index contributed by atoms with van der Waals surface area (Å²) in [6.07, 6.45) is 9.55. The zero-order valence-electron chi connectivity index (χ0n) is 12.4. The van der Waals surface area contributed by atoms with Gasteiger partial charge in [0.05, 0.1) is 0 Å². The van der Waals surface area contributed by atoms with Crippen LogP contribution in [-0.2, 0) is 9.59 Å². The van der Waals surface area contributed by atoms with E-state index in [1.54, 1.807) is 0 Å². The maximum absolute atomic E-state index is 12.3. The smallest absolute Gasteiger partial charge is 0.326 e. The molecule has 2 saturated carbocycles. The number of carboxylic acid groups (broad SMARTS) is 1. The first-order valence-corrected chi connectivity index (χ1v) is 8.15. The van der Waals surface area contributed by atoms with Crippen molar-refractivity contribution in [3.8, 4) is 0 Å². The van der Waals surface area contributed by atoms with Gasteiger partial charge in [0.15, 0.2) is 0 Å². The molecule has 4 heteroatoms. The van der Waals surface area contributed by atoms with E-state index < -0.39 is 12.0 Å². The van der Waals surface area contributed by atoms with Crippen molar-refractivity contribution in [2.45, 2.75) is 70.8 Å². The van der Waals surface area contributed by atoms with Crippen molar-refractivity contribution in [2.24, 2.45) is 17.8 Å². The second-order valence-corrected chi connectivity index (χ2v) is 6.50. The molecule has 0 aliphatic heterocycles. The maximum Gasteiger partial charge on any atom is 0.326 e. The van der Waals surface area contributed by atoms with Crippen LogP contribution in [0.1, 0.15) is 64.7 Å². The first-order valence-electron chi connectivity index (χ1n) is 8.15. The number of carbonyl (C=O) groups excluding carboxylic acids is 1. The molecular formula is C16H27NO3. The maximum atomic E-state index is 12.3. The summed E-state index contributed by atoms with van der Waals surface area (Å²) >= 11 is 0. The van der Waals surface area contributed by atoms with Gasteiger partial charge in [-0.25, -0.2) is 4.79 Å². The van der Waals surface area contributed by atoms with Crippen LogP contribution in [0.4, 0.5) is 0 Å². The molecule has 0 radical (unpaired) electrons. The van der Waals surface area contributed by atoms with Crippen molar-refractivity contribution < 1.29 is 14.7 Å². The topological polar surface area (TPSA) is 66.4 Å². The molecule has 2 N–H and O–H groups in total. The van der Waals surface area contributed by atoms with Crippen molar-refractivity contribution in [3.05, 3.63) is 0 Å². The third-order valence-corrected chi connectivity index (χ3v) is 5.10. The number of nitrogens with one attached hydrogen (secondary N) is 1. The molecule has 2 aliphatic carbocycles. The zero-order chi connectivity index (χ0) is 14.5. The quantitative estimate of drug-likeness (QED) is 0.814. The van der Waals surface area contributed by atoms with Crippen LogP contribution in [0.2, 0.25) is 0 Å². The summed E-state index contributed by atoms with van der Waals surface area (Å²) in [5, 5.41) is 11.9. The lowest BCUT2D eigenvalue weighted by atomic mass is 9.67. The van der Waals surface area contributed by atoms with Gasteiger partial charge in [0.1, 0.15) is 6.04 Å². The highest BCUT2D eigenvalue weighted by Gasteiger charge is 2.35. The molecule has 4 atom stereocenters. The summed E-state index contributed by atoms with van der Waals surface area (Å²) in [5.41, 5.74) is 0. The van der Waals surface area contributed by atoms with Crippen LogP contribution in [0.15, 0.2) is 0 Å². The molecule has 114 valence electrons. The molecule has 1 amide bonds. The number of aliphatic carboxylic acids is 1. The average molecular weight is 281 g/mol. The van der Waals surface area contributed by atoms with Crippen LogP contribution >= 0.6 is 0 Å². The van der Waals surface area contributed by atoms with Gasteiger partial charge in [0.25, 0.3) is 0 Å². The first-order chi connectivity index (χ1) is 9.61. The van der Waals surface area contributed by atoms with Crippen LogP contribution in [0.25, 0.3) is 0 Å². The summed E-state index contributed by atoms with van der Waals surface area (Å²) in [6.45, 7) is 1.94. The fraction of sp³-hybridized carbons (Fsp3) is 0.875. The lowest BCUT2D eigenvalue weighted by Gasteiger charge is -2.39.